The molecule has 0 saturated carbocycles. The first-order valence-corrected chi connectivity index (χ1v) is 12.7. The average molecular weight is 481 g/mol. The van der Waals surface area contributed by atoms with E-state index >= 15 is 0 Å². The van der Waals surface area contributed by atoms with Crippen LogP contribution in [-0.4, -0.2) is 39.0 Å². The number of benzene rings is 2. The highest BCUT2D eigenvalue weighted by atomic mass is 16.1. The van der Waals surface area contributed by atoms with E-state index in [1.165, 1.54) is 16.5 Å². The van der Waals surface area contributed by atoms with E-state index < -0.39 is 0 Å². The molecule has 1 amide bonds. The van der Waals surface area contributed by atoms with Gasteiger partial charge in [-0.25, -0.2) is 0 Å². The molecule has 0 aliphatic heterocycles. The number of hydrogen-bond acceptors (Lipinski definition) is 3. The molecule has 5 nitrogen and oxygen atoms in total. The van der Waals surface area contributed by atoms with E-state index in [4.69, 9.17) is 0 Å². The largest absolute Gasteiger partial charge is 0.348 e. The number of fused-ring (bicyclic) bond motifs is 1. The van der Waals surface area contributed by atoms with Gasteiger partial charge in [0.2, 0.25) is 5.91 Å². The lowest BCUT2D eigenvalue weighted by atomic mass is 10.1. The highest BCUT2D eigenvalue weighted by Gasteiger charge is 2.15. The van der Waals surface area contributed by atoms with Gasteiger partial charge < -0.3 is 9.88 Å². The van der Waals surface area contributed by atoms with Gasteiger partial charge in [0.25, 0.3) is 0 Å². The maximum atomic E-state index is 12.2. The number of para-hydroxylation sites is 1. The van der Waals surface area contributed by atoms with Crippen molar-refractivity contribution in [2.24, 2.45) is 0 Å². The monoisotopic (exact) mass is 480 g/mol. The van der Waals surface area contributed by atoms with E-state index in [9.17, 15) is 4.79 Å². The molecule has 2 aromatic heterocycles. The summed E-state index contributed by atoms with van der Waals surface area (Å²) >= 11 is 0. The number of carbonyl (C=O) groups excluding carboxylic acids is 1. The second-order valence-corrected chi connectivity index (χ2v) is 9.72. The van der Waals surface area contributed by atoms with Crippen LogP contribution in [-0.2, 0) is 17.8 Å². The standard InChI is InChI=1S/C31H36N4O/c1-23(2)34(24(3)4)19-17-27-22-35(30-10-6-5-9-29(27)30)28-14-11-25(12-15-28)13-16-31(36)33-21-26-8-7-18-32-20-26/h5-16,18,20,22-24H,17,19,21H2,1-4H3,(H,33,36)/b16-13+. The van der Waals surface area contributed by atoms with Gasteiger partial charge in [-0.15, -0.1) is 0 Å². The van der Waals surface area contributed by atoms with Crippen LogP contribution in [0.25, 0.3) is 22.7 Å². The Morgan fingerprint density at radius 3 is 2.44 bits per heavy atom. The first kappa shape index (κ1) is 25.4. The van der Waals surface area contributed by atoms with Crippen LogP contribution >= 0.6 is 0 Å². The third-order valence-corrected chi connectivity index (χ3v) is 6.55. The molecule has 0 bridgehead atoms. The Labute approximate surface area is 214 Å². The Balaban J connectivity index is 1.46. The highest BCUT2D eigenvalue weighted by molar-refractivity contribution is 5.91. The minimum absolute atomic E-state index is 0.124. The molecule has 0 aliphatic carbocycles. The lowest BCUT2D eigenvalue weighted by Crippen LogP contribution is -2.38. The first-order chi connectivity index (χ1) is 17.4. The van der Waals surface area contributed by atoms with Gasteiger partial charge in [-0.2, -0.15) is 0 Å². The molecule has 4 aromatic rings. The van der Waals surface area contributed by atoms with Gasteiger partial charge in [-0.05, 0) is 81.1 Å². The van der Waals surface area contributed by atoms with Crippen molar-refractivity contribution in [1.29, 1.82) is 0 Å². The molecule has 5 heteroatoms. The molecular weight excluding hydrogens is 444 g/mol. The molecule has 0 spiro atoms. The molecule has 1 N–H and O–H groups in total. The van der Waals surface area contributed by atoms with Crippen molar-refractivity contribution >= 4 is 22.9 Å². The van der Waals surface area contributed by atoms with E-state index in [1.54, 1.807) is 18.5 Å². The molecular formula is C31H36N4O. The summed E-state index contributed by atoms with van der Waals surface area (Å²) in [6.07, 6.45) is 10.2. The summed E-state index contributed by atoms with van der Waals surface area (Å²) in [5, 5.41) is 4.19. The summed E-state index contributed by atoms with van der Waals surface area (Å²) in [5.41, 5.74) is 5.65. The van der Waals surface area contributed by atoms with Crippen molar-refractivity contribution in [3.63, 3.8) is 0 Å². The zero-order valence-corrected chi connectivity index (χ0v) is 21.7. The van der Waals surface area contributed by atoms with Crippen molar-refractivity contribution in [3.8, 4) is 5.69 Å². The van der Waals surface area contributed by atoms with Crippen LogP contribution in [0.2, 0.25) is 0 Å². The van der Waals surface area contributed by atoms with Crippen LogP contribution in [0.5, 0.6) is 0 Å². The third kappa shape index (κ3) is 6.29. The number of pyridine rings is 1. The van der Waals surface area contributed by atoms with Crippen molar-refractivity contribution in [2.75, 3.05) is 6.54 Å². The van der Waals surface area contributed by atoms with E-state index in [0.29, 0.717) is 18.6 Å². The minimum atomic E-state index is -0.124. The Bertz CT molecular complexity index is 1300. The molecule has 0 unspecified atom stereocenters. The Kier molecular flexibility index (Phi) is 8.34. The minimum Gasteiger partial charge on any atom is -0.348 e. The number of rotatable bonds is 10. The van der Waals surface area contributed by atoms with Gasteiger partial charge in [-0.3, -0.25) is 14.7 Å². The smallest absolute Gasteiger partial charge is 0.244 e. The summed E-state index contributed by atoms with van der Waals surface area (Å²) in [6.45, 7) is 10.6. The predicted octanol–water partition coefficient (Wildman–Crippen LogP) is 6.02. The number of carbonyl (C=O) groups is 1. The van der Waals surface area contributed by atoms with Crippen molar-refractivity contribution in [1.82, 2.24) is 19.8 Å². The summed E-state index contributed by atoms with van der Waals surface area (Å²) in [5.74, 6) is -0.124. The quantitative estimate of drug-likeness (QED) is 0.283. The molecule has 0 radical (unpaired) electrons. The fourth-order valence-electron chi connectivity index (χ4n) is 4.69. The fraction of sp³-hybridized carbons (Fsp3) is 0.290. The summed E-state index contributed by atoms with van der Waals surface area (Å²) in [4.78, 5) is 18.8. The predicted molar refractivity (Wildman–Crippen MR) is 149 cm³/mol. The summed E-state index contributed by atoms with van der Waals surface area (Å²) in [6, 6.07) is 21.8. The second kappa shape index (κ2) is 11.8. The average Bonchev–Trinajstić information content (AvgIpc) is 3.25. The molecule has 36 heavy (non-hydrogen) atoms. The van der Waals surface area contributed by atoms with E-state index in [2.05, 4.69) is 90.1 Å². The number of hydrogen-bond donors (Lipinski definition) is 1. The normalized spacial score (nSPS) is 11.9. The van der Waals surface area contributed by atoms with Gasteiger partial charge >= 0.3 is 0 Å². The summed E-state index contributed by atoms with van der Waals surface area (Å²) in [7, 11) is 0. The maximum absolute atomic E-state index is 12.2. The lowest BCUT2D eigenvalue weighted by Gasteiger charge is -2.30. The van der Waals surface area contributed by atoms with Crippen LogP contribution < -0.4 is 5.32 Å². The van der Waals surface area contributed by atoms with Gasteiger partial charge in [0.1, 0.15) is 0 Å². The zero-order valence-electron chi connectivity index (χ0n) is 21.7. The molecule has 186 valence electrons. The molecule has 0 saturated heterocycles. The Hall–Kier alpha value is -3.70. The SMILES string of the molecule is CC(C)N(CCc1cn(-c2ccc(/C=C/C(=O)NCc3cccnc3)cc2)c2ccccc12)C(C)C. The number of nitrogens with one attached hydrogen (secondary N) is 1. The molecule has 0 fully saturated rings. The fourth-order valence-corrected chi connectivity index (χ4v) is 4.69. The van der Waals surface area contributed by atoms with E-state index in [0.717, 1.165) is 29.8 Å². The first-order valence-electron chi connectivity index (χ1n) is 12.7. The Morgan fingerprint density at radius 2 is 1.75 bits per heavy atom. The topological polar surface area (TPSA) is 50.2 Å². The maximum Gasteiger partial charge on any atom is 0.244 e. The molecule has 0 atom stereocenters. The van der Waals surface area contributed by atoms with Gasteiger partial charge in [0, 0.05) is 60.9 Å². The van der Waals surface area contributed by atoms with Crippen molar-refractivity contribution in [3.05, 3.63) is 102 Å². The molecule has 2 aromatic carbocycles. The van der Waals surface area contributed by atoms with E-state index in [1.807, 2.05) is 30.3 Å². The van der Waals surface area contributed by atoms with Crippen LogP contribution in [0, 0.1) is 0 Å². The highest BCUT2D eigenvalue weighted by Crippen LogP contribution is 2.26. The van der Waals surface area contributed by atoms with Crippen LogP contribution in [0.1, 0.15) is 44.4 Å². The number of nitrogens with zero attached hydrogens (tertiary/aromatic N) is 3. The van der Waals surface area contributed by atoms with Crippen molar-refractivity contribution < 1.29 is 4.79 Å². The number of aromatic nitrogens is 2. The molecule has 0 aliphatic rings. The molecule has 4 rings (SSSR count). The van der Waals surface area contributed by atoms with Gasteiger partial charge in [-0.1, -0.05) is 36.4 Å². The van der Waals surface area contributed by atoms with Gasteiger partial charge in [0.05, 0.1) is 5.52 Å². The zero-order chi connectivity index (χ0) is 25.5. The summed E-state index contributed by atoms with van der Waals surface area (Å²) < 4.78 is 2.27. The second-order valence-electron chi connectivity index (χ2n) is 9.72. The van der Waals surface area contributed by atoms with Crippen LogP contribution in [0.3, 0.4) is 0 Å². The Morgan fingerprint density at radius 1 is 1.00 bits per heavy atom. The van der Waals surface area contributed by atoms with Crippen LogP contribution in [0.4, 0.5) is 0 Å². The van der Waals surface area contributed by atoms with Gasteiger partial charge in [0.15, 0.2) is 0 Å². The number of amides is 1. The van der Waals surface area contributed by atoms with Crippen LogP contribution in [0.15, 0.2) is 85.3 Å². The van der Waals surface area contributed by atoms with E-state index in [-0.39, 0.29) is 5.91 Å². The van der Waals surface area contributed by atoms with Crippen molar-refractivity contribution in [2.45, 2.75) is 52.7 Å². The lowest BCUT2D eigenvalue weighted by molar-refractivity contribution is -0.116. The third-order valence-electron chi connectivity index (χ3n) is 6.55. The molecule has 2 heterocycles.